The highest BCUT2D eigenvalue weighted by Crippen LogP contribution is 2.46. The van der Waals surface area contributed by atoms with Crippen molar-refractivity contribution in [3.05, 3.63) is 35.9 Å². The Hall–Kier alpha value is -1.39. The first-order valence-corrected chi connectivity index (χ1v) is 10.4. The largest absolute Gasteiger partial charge is 0.396 e. The van der Waals surface area contributed by atoms with E-state index in [-0.39, 0.29) is 11.3 Å². The van der Waals surface area contributed by atoms with Crippen molar-refractivity contribution in [2.45, 2.75) is 51.0 Å². The first-order valence-electron chi connectivity index (χ1n) is 10.4. The molecule has 1 saturated carbocycles. The number of aryl methyl sites for hydroxylation is 1. The molecule has 1 atom stereocenters. The Morgan fingerprint density at radius 1 is 1.15 bits per heavy atom. The summed E-state index contributed by atoms with van der Waals surface area (Å²) in [5.41, 5.74) is 1.47. The van der Waals surface area contributed by atoms with Crippen LogP contribution in [0, 0.1) is 11.3 Å². The van der Waals surface area contributed by atoms with Gasteiger partial charge in [-0.1, -0.05) is 36.8 Å². The Labute approximate surface area is 157 Å². The first kappa shape index (κ1) is 18.0. The summed E-state index contributed by atoms with van der Waals surface area (Å²) in [5, 5.41) is 9.95. The molecule has 2 heterocycles. The van der Waals surface area contributed by atoms with E-state index in [2.05, 4.69) is 21.9 Å². The number of likely N-dealkylation sites (tertiary alicyclic amines) is 2. The average molecular weight is 357 g/mol. The van der Waals surface area contributed by atoms with Gasteiger partial charge in [0.05, 0.1) is 0 Å². The number of nitrogens with zero attached hydrogens (tertiary/aromatic N) is 2. The fourth-order valence-corrected chi connectivity index (χ4v) is 5.18. The molecule has 4 rings (SSSR count). The van der Waals surface area contributed by atoms with Crippen LogP contribution in [0.3, 0.4) is 0 Å². The zero-order valence-electron chi connectivity index (χ0n) is 15.8. The Morgan fingerprint density at radius 3 is 2.50 bits per heavy atom. The van der Waals surface area contributed by atoms with Gasteiger partial charge in [-0.2, -0.15) is 0 Å². The molecule has 26 heavy (non-hydrogen) atoms. The fourth-order valence-electron chi connectivity index (χ4n) is 5.18. The molecule has 1 N–H and O–H groups in total. The number of rotatable bonds is 5. The molecule has 4 heteroatoms. The molecule has 1 unspecified atom stereocenters. The maximum absolute atomic E-state index is 12.6. The highest BCUT2D eigenvalue weighted by atomic mass is 16.3. The van der Waals surface area contributed by atoms with Crippen LogP contribution < -0.4 is 0 Å². The van der Waals surface area contributed by atoms with Gasteiger partial charge >= 0.3 is 0 Å². The van der Waals surface area contributed by atoms with Crippen LogP contribution >= 0.6 is 0 Å². The molecular weight excluding hydrogens is 324 g/mol. The number of carbonyl (C=O) groups excluding carboxylic acids is 1. The maximum Gasteiger partial charge on any atom is 0.222 e. The lowest BCUT2D eigenvalue weighted by Crippen LogP contribution is -2.47. The van der Waals surface area contributed by atoms with Crippen molar-refractivity contribution in [2.24, 2.45) is 11.3 Å². The van der Waals surface area contributed by atoms with E-state index in [4.69, 9.17) is 0 Å². The van der Waals surface area contributed by atoms with Crippen LogP contribution in [0.25, 0.3) is 0 Å². The molecule has 142 valence electrons. The first-order chi connectivity index (χ1) is 12.7. The third kappa shape index (κ3) is 3.54. The summed E-state index contributed by atoms with van der Waals surface area (Å²) in [6.45, 7) is 4.22. The Balaban J connectivity index is 1.30. The summed E-state index contributed by atoms with van der Waals surface area (Å²) in [6, 6.07) is 11.0. The predicted octanol–water partition coefficient (Wildman–Crippen LogP) is 2.70. The second kappa shape index (κ2) is 7.69. The summed E-state index contributed by atoms with van der Waals surface area (Å²) in [5.74, 6) is 0.683. The highest BCUT2D eigenvalue weighted by molar-refractivity contribution is 5.76. The van der Waals surface area contributed by atoms with Gasteiger partial charge in [0.2, 0.25) is 5.91 Å². The molecular formula is C22H32N2O2. The van der Waals surface area contributed by atoms with Gasteiger partial charge in [-0.05, 0) is 43.1 Å². The van der Waals surface area contributed by atoms with Gasteiger partial charge in [-0.15, -0.1) is 0 Å². The highest BCUT2D eigenvalue weighted by Gasteiger charge is 2.49. The van der Waals surface area contributed by atoms with Gasteiger partial charge in [0, 0.05) is 51.2 Å². The zero-order chi connectivity index (χ0) is 18.0. The summed E-state index contributed by atoms with van der Waals surface area (Å²) in [4.78, 5) is 17.3. The molecule has 0 bridgehead atoms. The maximum atomic E-state index is 12.6. The quantitative estimate of drug-likeness (QED) is 0.882. The molecule has 0 aromatic heterocycles. The number of benzene rings is 1. The molecule has 3 aliphatic rings. The third-order valence-corrected chi connectivity index (χ3v) is 7.23. The van der Waals surface area contributed by atoms with E-state index in [9.17, 15) is 9.90 Å². The standard InChI is InChI=1S/C22H32N2O2/c25-16-19-15-24(20-7-4-8-20)17-22(19)11-13-23(14-12-22)21(26)10-9-18-5-2-1-3-6-18/h1-3,5-6,19-20,25H,4,7-17H2. The van der Waals surface area contributed by atoms with Crippen LogP contribution in [-0.2, 0) is 11.2 Å². The lowest BCUT2D eigenvalue weighted by Gasteiger charge is -2.43. The van der Waals surface area contributed by atoms with E-state index in [1.807, 2.05) is 18.2 Å². The minimum atomic E-state index is 0.237. The van der Waals surface area contributed by atoms with Crippen molar-refractivity contribution in [3.63, 3.8) is 0 Å². The summed E-state index contributed by atoms with van der Waals surface area (Å²) < 4.78 is 0. The van der Waals surface area contributed by atoms with Crippen LogP contribution in [0.4, 0.5) is 0 Å². The number of aliphatic hydroxyl groups excluding tert-OH is 1. The van der Waals surface area contributed by atoms with Crippen LogP contribution in [-0.4, -0.2) is 59.6 Å². The molecule has 1 aromatic rings. The van der Waals surface area contributed by atoms with E-state index in [1.54, 1.807) is 0 Å². The molecule has 4 nitrogen and oxygen atoms in total. The topological polar surface area (TPSA) is 43.8 Å². The van der Waals surface area contributed by atoms with Gasteiger partial charge in [-0.25, -0.2) is 0 Å². The van der Waals surface area contributed by atoms with E-state index < -0.39 is 0 Å². The molecule has 0 radical (unpaired) electrons. The second-order valence-electron chi connectivity index (χ2n) is 8.62. The van der Waals surface area contributed by atoms with Crippen molar-refractivity contribution in [1.29, 1.82) is 0 Å². The summed E-state index contributed by atoms with van der Waals surface area (Å²) in [6.07, 6.45) is 7.57. The van der Waals surface area contributed by atoms with Crippen LogP contribution in [0.1, 0.15) is 44.1 Å². The molecule has 1 spiro atoms. The predicted molar refractivity (Wildman–Crippen MR) is 103 cm³/mol. The lowest BCUT2D eigenvalue weighted by molar-refractivity contribution is -0.134. The van der Waals surface area contributed by atoms with Crippen LogP contribution in [0.5, 0.6) is 0 Å². The second-order valence-corrected chi connectivity index (χ2v) is 8.62. The number of piperidine rings is 1. The fraction of sp³-hybridized carbons (Fsp3) is 0.682. The SMILES string of the molecule is O=C(CCc1ccccc1)N1CCC2(CC1)CN(C1CCC1)CC2CO. The smallest absolute Gasteiger partial charge is 0.222 e. The number of aliphatic hydroxyl groups is 1. The molecule has 1 amide bonds. The van der Waals surface area contributed by atoms with Gasteiger partial charge in [-0.3, -0.25) is 9.69 Å². The number of hydrogen-bond acceptors (Lipinski definition) is 3. The van der Waals surface area contributed by atoms with Gasteiger partial charge < -0.3 is 10.0 Å². The van der Waals surface area contributed by atoms with E-state index in [1.165, 1.54) is 24.8 Å². The molecule has 1 aromatic carbocycles. The molecule has 1 aliphatic carbocycles. The Kier molecular flexibility index (Phi) is 5.32. The number of carbonyl (C=O) groups is 1. The van der Waals surface area contributed by atoms with Gasteiger partial charge in [0.15, 0.2) is 0 Å². The minimum absolute atomic E-state index is 0.237. The van der Waals surface area contributed by atoms with E-state index >= 15 is 0 Å². The molecule has 2 saturated heterocycles. The normalized spacial score (nSPS) is 26.2. The number of amides is 1. The van der Waals surface area contributed by atoms with Crippen LogP contribution in [0.2, 0.25) is 0 Å². The van der Waals surface area contributed by atoms with Crippen molar-refractivity contribution in [2.75, 3.05) is 32.8 Å². The Morgan fingerprint density at radius 2 is 1.88 bits per heavy atom. The van der Waals surface area contributed by atoms with Crippen LogP contribution in [0.15, 0.2) is 30.3 Å². The lowest BCUT2D eigenvalue weighted by atomic mass is 9.71. The van der Waals surface area contributed by atoms with Gasteiger partial charge in [0.25, 0.3) is 0 Å². The van der Waals surface area contributed by atoms with Crippen molar-refractivity contribution in [3.8, 4) is 0 Å². The monoisotopic (exact) mass is 356 g/mol. The van der Waals surface area contributed by atoms with E-state index in [0.717, 1.165) is 51.5 Å². The van der Waals surface area contributed by atoms with Crippen molar-refractivity contribution < 1.29 is 9.90 Å². The van der Waals surface area contributed by atoms with Crippen molar-refractivity contribution in [1.82, 2.24) is 9.80 Å². The minimum Gasteiger partial charge on any atom is -0.396 e. The average Bonchev–Trinajstić information content (AvgIpc) is 2.97. The summed E-state index contributed by atoms with van der Waals surface area (Å²) >= 11 is 0. The Bertz CT molecular complexity index is 606. The molecule has 3 fully saturated rings. The zero-order valence-corrected chi connectivity index (χ0v) is 15.8. The summed E-state index contributed by atoms with van der Waals surface area (Å²) in [7, 11) is 0. The molecule has 2 aliphatic heterocycles. The number of hydrogen-bond donors (Lipinski definition) is 1. The van der Waals surface area contributed by atoms with Gasteiger partial charge in [0.1, 0.15) is 0 Å². The third-order valence-electron chi connectivity index (χ3n) is 7.23. The van der Waals surface area contributed by atoms with Crippen molar-refractivity contribution >= 4 is 5.91 Å². The van der Waals surface area contributed by atoms with E-state index in [0.29, 0.717) is 18.9 Å².